The fourth-order valence-corrected chi connectivity index (χ4v) is 3.99. The van der Waals surface area contributed by atoms with E-state index in [1.165, 1.54) is 6.26 Å². The lowest BCUT2D eigenvalue weighted by Gasteiger charge is -2.37. The summed E-state index contributed by atoms with van der Waals surface area (Å²) in [6.07, 6.45) is 3.12. The Hall–Kier alpha value is -0.620. The van der Waals surface area contributed by atoms with E-state index < -0.39 is 10.0 Å². The predicted molar refractivity (Wildman–Crippen MR) is 86.9 cm³/mol. The zero-order valence-corrected chi connectivity index (χ0v) is 14.1. The Labute approximate surface area is 132 Å². The van der Waals surface area contributed by atoms with Crippen molar-refractivity contribution >= 4 is 21.6 Å². The number of piperidine rings is 1. The molecule has 1 saturated heterocycles. The monoisotopic (exact) mass is 330 g/mol. The molecule has 0 aromatic heterocycles. The average molecular weight is 331 g/mol. The minimum atomic E-state index is -3.08. The maximum absolute atomic E-state index is 11.7. The van der Waals surface area contributed by atoms with E-state index in [1.807, 2.05) is 24.3 Å². The number of hydrogen-bond donors (Lipinski definition) is 1. The van der Waals surface area contributed by atoms with Gasteiger partial charge in [0.1, 0.15) is 0 Å². The van der Waals surface area contributed by atoms with Crippen LogP contribution < -0.4 is 5.32 Å². The van der Waals surface area contributed by atoms with Gasteiger partial charge in [-0.3, -0.25) is 0 Å². The SMILES string of the molecule is CC[C@@H]1CN(S(C)(=O)=O)CC[C@@H]1NCc1cccc(Cl)c1. The molecule has 0 unspecified atom stereocenters. The Morgan fingerprint density at radius 2 is 2.19 bits per heavy atom. The molecule has 21 heavy (non-hydrogen) atoms. The van der Waals surface area contributed by atoms with Crippen molar-refractivity contribution < 1.29 is 8.42 Å². The molecule has 118 valence electrons. The molecule has 4 nitrogen and oxygen atoms in total. The molecule has 1 fully saturated rings. The van der Waals surface area contributed by atoms with E-state index >= 15 is 0 Å². The van der Waals surface area contributed by atoms with Gasteiger partial charge in [0.05, 0.1) is 6.26 Å². The van der Waals surface area contributed by atoms with E-state index in [-0.39, 0.29) is 0 Å². The van der Waals surface area contributed by atoms with Crippen LogP contribution in [-0.2, 0) is 16.6 Å². The zero-order valence-electron chi connectivity index (χ0n) is 12.5. The van der Waals surface area contributed by atoms with Crippen molar-refractivity contribution in [3.8, 4) is 0 Å². The van der Waals surface area contributed by atoms with Crippen LogP contribution in [0, 0.1) is 5.92 Å². The molecule has 0 saturated carbocycles. The van der Waals surface area contributed by atoms with Gasteiger partial charge in [-0.05, 0) is 30.0 Å². The van der Waals surface area contributed by atoms with Crippen LogP contribution in [0.5, 0.6) is 0 Å². The molecule has 1 aromatic carbocycles. The van der Waals surface area contributed by atoms with Crippen LogP contribution in [0.15, 0.2) is 24.3 Å². The van der Waals surface area contributed by atoms with Gasteiger partial charge in [0.15, 0.2) is 0 Å². The maximum Gasteiger partial charge on any atom is 0.211 e. The van der Waals surface area contributed by atoms with Crippen LogP contribution in [0.25, 0.3) is 0 Å². The second-order valence-electron chi connectivity index (χ2n) is 5.70. The van der Waals surface area contributed by atoms with Gasteiger partial charge in [-0.2, -0.15) is 0 Å². The molecule has 2 rings (SSSR count). The Morgan fingerprint density at radius 3 is 2.81 bits per heavy atom. The third kappa shape index (κ3) is 4.68. The Morgan fingerprint density at radius 1 is 1.43 bits per heavy atom. The van der Waals surface area contributed by atoms with Crippen molar-refractivity contribution in [1.82, 2.24) is 9.62 Å². The largest absolute Gasteiger partial charge is 0.310 e. The molecule has 1 aliphatic heterocycles. The first-order chi connectivity index (χ1) is 9.90. The van der Waals surface area contributed by atoms with Gasteiger partial charge < -0.3 is 5.32 Å². The van der Waals surface area contributed by atoms with Gasteiger partial charge in [-0.25, -0.2) is 12.7 Å². The summed E-state index contributed by atoms with van der Waals surface area (Å²) in [5, 5.41) is 4.30. The number of hydrogen-bond acceptors (Lipinski definition) is 3. The normalized spacial score (nSPS) is 24.1. The smallest absolute Gasteiger partial charge is 0.211 e. The lowest BCUT2D eigenvalue weighted by molar-refractivity contribution is 0.202. The summed E-state index contributed by atoms with van der Waals surface area (Å²) < 4.78 is 24.9. The van der Waals surface area contributed by atoms with Crippen molar-refractivity contribution in [2.24, 2.45) is 5.92 Å². The highest BCUT2D eigenvalue weighted by Gasteiger charge is 2.31. The second kappa shape index (κ2) is 7.09. The fourth-order valence-electron chi connectivity index (χ4n) is 2.88. The number of nitrogens with zero attached hydrogens (tertiary/aromatic N) is 1. The number of benzene rings is 1. The Balaban J connectivity index is 1.95. The topological polar surface area (TPSA) is 49.4 Å². The Kier molecular flexibility index (Phi) is 5.66. The van der Waals surface area contributed by atoms with E-state index in [4.69, 9.17) is 11.6 Å². The van der Waals surface area contributed by atoms with Crippen LogP contribution in [0.3, 0.4) is 0 Å². The molecule has 0 bridgehead atoms. The van der Waals surface area contributed by atoms with Crippen LogP contribution in [0.4, 0.5) is 0 Å². The van der Waals surface area contributed by atoms with Gasteiger partial charge in [0.2, 0.25) is 10.0 Å². The maximum atomic E-state index is 11.7. The number of halogens is 1. The molecule has 0 aliphatic carbocycles. The average Bonchev–Trinajstić information content (AvgIpc) is 2.44. The van der Waals surface area contributed by atoms with E-state index in [0.29, 0.717) is 25.0 Å². The standard InChI is InChI=1S/C15H23ClN2O2S/c1-3-13-11-18(21(2,19)20)8-7-15(13)17-10-12-5-4-6-14(16)9-12/h4-6,9,13,15,17H,3,7-8,10-11H2,1-2H3/t13-,15+/m1/s1. The summed E-state index contributed by atoms with van der Waals surface area (Å²) in [5.41, 5.74) is 1.16. The summed E-state index contributed by atoms with van der Waals surface area (Å²) in [7, 11) is -3.08. The highest BCUT2D eigenvalue weighted by molar-refractivity contribution is 7.88. The van der Waals surface area contributed by atoms with Crippen molar-refractivity contribution in [1.29, 1.82) is 0 Å². The molecule has 1 aromatic rings. The molecule has 0 radical (unpaired) electrons. The van der Waals surface area contributed by atoms with E-state index in [9.17, 15) is 8.42 Å². The van der Waals surface area contributed by atoms with Gasteiger partial charge >= 0.3 is 0 Å². The zero-order chi connectivity index (χ0) is 15.5. The molecule has 1 heterocycles. The summed E-state index contributed by atoms with van der Waals surface area (Å²) in [6.45, 7) is 4.09. The van der Waals surface area contributed by atoms with Crippen molar-refractivity contribution in [2.45, 2.75) is 32.4 Å². The number of nitrogens with one attached hydrogen (secondary N) is 1. The summed E-state index contributed by atoms with van der Waals surface area (Å²) in [5.74, 6) is 0.354. The van der Waals surface area contributed by atoms with Gasteiger partial charge in [0.25, 0.3) is 0 Å². The second-order valence-corrected chi connectivity index (χ2v) is 8.11. The lowest BCUT2D eigenvalue weighted by atomic mass is 9.91. The van der Waals surface area contributed by atoms with Gasteiger partial charge in [-0.1, -0.05) is 37.1 Å². The van der Waals surface area contributed by atoms with Gasteiger partial charge in [0, 0.05) is 30.7 Å². The lowest BCUT2D eigenvalue weighted by Crippen LogP contribution is -2.50. The minimum Gasteiger partial charge on any atom is -0.310 e. The van der Waals surface area contributed by atoms with E-state index in [1.54, 1.807) is 4.31 Å². The van der Waals surface area contributed by atoms with Crippen LogP contribution in [0.1, 0.15) is 25.3 Å². The third-order valence-electron chi connectivity index (χ3n) is 4.15. The molecular weight excluding hydrogens is 308 g/mol. The third-order valence-corrected chi connectivity index (χ3v) is 5.65. The van der Waals surface area contributed by atoms with Gasteiger partial charge in [-0.15, -0.1) is 0 Å². The minimum absolute atomic E-state index is 0.354. The van der Waals surface area contributed by atoms with Crippen LogP contribution >= 0.6 is 11.6 Å². The quantitative estimate of drug-likeness (QED) is 0.902. The molecule has 1 aliphatic rings. The molecule has 1 N–H and O–H groups in total. The van der Waals surface area contributed by atoms with Crippen molar-refractivity contribution in [2.75, 3.05) is 19.3 Å². The van der Waals surface area contributed by atoms with Crippen LogP contribution in [-0.4, -0.2) is 38.1 Å². The molecule has 6 heteroatoms. The van der Waals surface area contributed by atoms with Crippen molar-refractivity contribution in [3.63, 3.8) is 0 Å². The van der Waals surface area contributed by atoms with Crippen molar-refractivity contribution in [3.05, 3.63) is 34.9 Å². The van der Waals surface area contributed by atoms with E-state index in [2.05, 4.69) is 12.2 Å². The number of rotatable bonds is 5. The Bertz CT molecular complexity index is 577. The first-order valence-electron chi connectivity index (χ1n) is 7.33. The molecule has 2 atom stereocenters. The summed E-state index contributed by atoms with van der Waals surface area (Å²) in [4.78, 5) is 0. The first-order valence-corrected chi connectivity index (χ1v) is 9.55. The predicted octanol–water partition coefficient (Wildman–Crippen LogP) is 2.49. The molecule has 0 spiro atoms. The summed E-state index contributed by atoms with van der Waals surface area (Å²) in [6, 6.07) is 8.17. The molecule has 0 amide bonds. The van der Waals surface area contributed by atoms with E-state index in [0.717, 1.165) is 30.0 Å². The highest BCUT2D eigenvalue weighted by Crippen LogP contribution is 2.22. The summed E-state index contributed by atoms with van der Waals surface area (Å²) >= 11 is 5.99. The van der Waals surface area contributed by atoms with Crippen LogP contribution in [0.2, 0.25) is 5.02 Å². The first kappa shape index (κ1) is 16.7. The molecular formula is C15H23ClN2O2S. The fraction of sp³-hybridized carbons (Fsp3) is 0.600. The number of sulfonamides is 1. The highest BCUT2D eigenvalue weighted by atomic mass is 35.5.